The van der Waals surface area contributed by atoms with E-state index in [9.17, 15) is 9.59 Å². The number of carboxylic acid groups (broad SMARTS) is 1. The van der Waals surface area contributed by atoms with E-state index in [1.165, 1.54) is 0 Å². The summed E-state index contributed by atoms with van der Waals surface area (Å²) >= 11 is 0. The van der Waals surface area contributed by atoms with E-state index in [-0.39, 0.29) is 12.3 Å². The van der Waals surface area contributed by atoms with Gasteiger partial charge in [0, 0.05) is 12.2 Å². The molecule has 1 unspecified atom stereocenters. The predicted octanol–water partition coefficient (Wildman–Crippen LogP) is 2.82. The number of rotatable bonds is 8. The molecule has 2 aromatic rings. The van der Waals surface area contributed by atoms with Crippen molar-refractivity contribution in [1.82, 2.24) is 5.32 Å². The summed E-state index contributed by atoms with van der Waals surface area (Å²) in [4.78, 5) is 23.5. The molecule has 1 atom stereocenters. The van der Waals surface area contributed by atoms with Crippen molar-refractivity contribution in [3.05, 3.63) is 65.7 Å². The standard InChI is InChI=1S/C19H22N2O3/c1-2-14-9-6-10-16(11-14)21-19(24)17(12-18(22)23)20-13-15-7-4-3-5-8-15/h3-11,17,20H,2,12-13H2,1H3,(H,21,24)(H,22,23). The zero-order chi connectivity index (χ0) is 17.4. The molecule has 2 aromatic carbocycles. The van der Waals surface area contributed by atoms with Gasteiger partial charge in [-0.15, -0.1) is 0 Å². The van der Waals surface area contributed by atoms with Gasteiger partial charge in [-0.3, -0.25) is 9.59 Å². The van der Waals surface area contributed by atoms with Crippen LogP contribution in [-0.2, 0) is 22.6 Å². The van der Waals surface area contributed by atoms with Gasteiger partial charge in [0.2, 0.25) is 5.91 Å². The lowest BCUT2D eigenvalue weighted by Crippen LogP contribution is -2.41. The number of hydrogen-bond acceptors (Lipinski definition) is 3. The fourth-order valence-corrected chi connectivity index (χ4v) is 2.37. The summed E-state index contributed by atoms with van der Waals surface area (Å²) in [7, 11) is 0. The van der Waals surface area contributed by atoms with Crippen LogP contribution in [0.4, 0.5) is 5.69 Å². The third-order valence-corrected chi connectivity index (χ3v) is 3.69. The fraction of sp³-hybridized carbons (Fsp3) is 0.263. The Morgan fingerprint density at radius 1 is 1.04 bits per heavy atom. The number of anilines is 1. The first-order valence-electron chi connectivity index (χ1n) is 7.97. The lowest BCUT2D eigenvalue weighted by Gasteiger charge is -2.17. The summed E-state index contributed by atoms with van der Waals surface area (Å²) in [5.41, 5.74) is 2.78. The maximum Gasteiger partial charge on any atom is 0.305 e. The zero-order valence-corrected chi connectivity index (χ0v) is 13.7. The highest BCUT2D eigenvalue weighted by Crippen LogP contribution is 2.12. The maximum atomic E-state index is 12.4. The van der Waals surface area contributed by atoms with Crippen LogP contribution in [-0.4, -0.2) is 23.0 Å². The first kappa shape index (κ1) is 17.7. The van der Waals surface area contributed by atoms with Crippen LogP contribution in [0.1, 0.15) is 24.5 Å². The average molecular weight is 326 g/mol. The molecular weight excluding hydrogens is 304 g/mol. The molecule has 0 radical (unpaired) electrons. The number of aliphatic carboxylic acids is 1. The largest absolute Gasteiger partial charge is 0.481 e. The van der Waals surface area contributed by atoms with Gasteiger partial charge < -0.3 is 15.7 Å². The molecule has 126 valence electrons. The van der Waals surface area contributed by atoms with E-state index in [1.807, 2.05) is 55.5 Å². The van der Waals surface area contributed by atoms with E-state index in [2.05, 4.69) is 10.6 Å². The molecule has 0 aromatic heterocycles. The van der Waals surface area contributed by atoms with Crippen molar-refractivity contribution < 1.29 is 14.7 Å². The summed E-state index contributed by atoms with van der Waals surface area (Å²) in [5, 5.41) is 14.9. The number of carbonyl (C=O) groups is 2. The molecule has 5 heteroatoms. The molecule has 1 amide bonds. The average Bonchev–Trinajstić information content (AvgIpc) is 2.59. The van der Waals surface area contributed by atoms with Gasteiger partial charge >= 0.3 is 5.97 Å². The van der Waals surface area contributed by atoms with Crippen LogP contribution in [0, 0.1) is 0 Å². The van der Waals surface area contributed by atoms with Gasteiger partial charge in [-0.2, -0.15) is 0 Å². The first-order chi connectivity index (χ1) is 11.6. The van der Waals surface area contributed by atoms with Crippen molar-refractivity contribution in [3.63, 3.8) is 0 Å². The Bertz CT molecular complexity index is 686. The van der Waals surface area contributed by atoms with Crippen LogP contribution in [0.5, 0.6) is 0 Å². The molecule has 0 heterocycles. The molecule has 0 bridgehead atoms. The van der Waals surface area contributed by atoms with Gasteiger partial charge in [-0.25, -0.2) is 0 Å². The minimum absolute atomic E-state index is 0.272. The summed E-state index contributed by atoms with van der Waals surface area (Å²) in [6.45, 7) is 2.47. The zero-order valence-electron chi connectivity index (χ0n) is 13.7. The van der Waals surface area contributed by atoms with Crippen molar-refractivity contribution >= 4 is 17.6 Å². The van der Waals surface area contributed by atoms with E-state index < -0.39 is 12.0 Å². The molecule has 0 aliphatic rings. The predicted molar refractivity (Wildman–Crippen MR) is 93.8 cm³/mol. The number of carbonyl (C=O) groups excluding carboxylic acids is 1. The van der Waals surface area contributed by atoms with Gasteiger partial charge in [0.1, 0.15) is 0 Å². The van der Waals surface area contributed by atoms with Crippen LogP contribution in [0.3, 0.4) is 0 Å². The van der Waals surface area contributed by atoms with E-state index in [0.717, 1.165) is 17.5 Å². The number of nitrogens with one attached hydrogen (secondary N) is 2. The Morgan fingerprint density at radius 3 is 2.42 bits per heavy atom. The molecule has 3 N–H and O–H groups in total. The van der Waals surface area contributed by atoms with Crippen molar-refractivity contribution in [1.29, 1.82) is 0 Å². The van der Waals surface area contributed by atoms with E-state index in [0.29, 0.717) is 12.2 Å². The smallest absolute Gasteiger partial charge is 0.305 e. The van der Waals surface area contributed by atoms with E-state index in [4.69, 9.17) is 5.11 Å². The number of hydrogen-bond donors (Lipinski definition) is 3. The highest BCUT2D eigenvalue weighted by molar-refractivity contribution is 5.96. The minimum atomic E-state index is -1.02. The summed E-state index contributed by atoms with van der Waals surface area (Å²) in [5.74, 6) is -1.36. The molecular formula is C19H22N2O3. The fourth-order valence-electron chi connectivity index (χ4n) is 2.37. The molecule has 0 aliphatic carbocycles. The number of amides is 1. The molecule has 2 rings (SSSR count). The van der Waals surface area contributed by atoms with Gasteiger partial charge in [0.15, 0.2) is 0 Å². The second kappa shape index (κ2) is 8.84. The Hall–Kier alpha value is -2.66. The SMILES string of the molecule is CCc1cccc(NC(=O)C(CC(=O)O)NCc2ccccc2)c1. The van der Waals surface area contributed by atoms with Gasteiger partial charge in [-0.05, 0) is 29.7 Å². The molecule has 0 saturated heterocycles. The van der Waals surface area contributed by atoms with Gasteiger partial charge in [0.05, 0.1) is 12.5 Å². The third kappa shape index (κ3) is 5.52. The van der Waals surface area contributed by atoms with Crippen molar-refractivity contribution in [2.24, 2.45) is 0 Å². The Balaban J connectivity index is 2.02. The third-order valence-electron chi connectivity index (χ3n) is 3.69. The summed E-state index contributed by atoms with van der Waals surface area (Å²) < 4.78 is 0. The Kier molecular flexibility index (Phi) is 6.51. The normalized spacial score (nSPS) is 11.7. The topological polar surface area (TPSA) is 78.4 Å². The van der Waals surface area contributed by atoms with E-state index in [1.54, 1.807) is 6.07 Å². The molecule has 0 spiro atoms. The van der Waals surface area contributed by atoms with Crippen molar-refractivity contribution in [2.45, 2.75) is 32.4 Å². The lowest BCUT2D eigenvalue weighted by molar-refractivity contribution is -0.139. The van der Waals surface area contributed by atoms with Crippen LogP contribution in [0.15, 0.2) is 54.6 Å². The summed E-state index contributed by atoms with van der Waals surface area (Å²) in [6, 6.07) is 16.3. The second-order valence-electron chi connectivity index (χ2n) is 5.56. The van der Waals surface area contributed by atoms with Crippen molar-refractivity contribution in [3.8, 4) is 0 Å². The lowest BCUT2D eigenvalue weighted by atomic mass is 10.1. The van der Waals surface area contributed by atoms with Crippen LogP contribution in [0.2, 0.25) is 0 Å². The molecule has 5 nitrogen and oxygen atoms in total. The Morgan fingerprint density at radius 2 is 1.75 bits per heavy atom. The van der Waals surface area contributed by atoms with Crippen LogP contribution < -0.4 is 10.6 Å². The van der Waals surface area contributed by atoms with Crippen molar-refractivity contribution in [2.75, 3.05) is 5.32 Å². The molecule has 24 heavy (non-hydrogen) atoms. The Labute approximate surface area is 141 Å². The second-order valence-corrected chi connectivity index (χ2v) is 5.56. The van der Waals surface area contributed by atoms with Gasteiger partial charge in [0.25, 0.3) is 0 Å². The highest BCUT2D eigenvalue weighted by Gasteiger charge is 2.21. The molecule has 0 aliphatic heterocycles. The maximum absolute atomic E-state index is 12.4. The number of carboxylic acids is 1. The summed E-state index contributed by atoms with van der Waals surface area (Å²) in [6.07, 6.45) is 0.598. The number of benzene rings is 2. The van der Waals surface area contributed by atoms with Crippen LogP contribution in [0.25, 0.3) is 0 Å². The monoisotopic (exact) mass is 326 g/mol. The molecule has 0 fully saturated rings. The highest BCUT2D eigenvalue weighted by atomic mass is 16.4. The van der Waals surface area contributed by atoms with Gasteiger partial charge in [-0.1, -0.05) is 49.4 Å². The first-order valence-corrected chi connectivity index (χ1v) is 7.97. The quantitative estimate of drug-likeness (QED) is 0.697. The van der Waals surface area contributed by atoms with E-state index >= 15 is 0 Å². The minimum Gasteiger partial charge on any atom is -0.481 e. The number of aryl methyl sites for hydroxylation is 1. The molecule has 0 saturated carbocycles. The van der Waals surface area contributed by atoms with Crippen LogP contribution >= 0.6 is 0 Å².